The Labute approximate surface area is 811 Å². The second kappa shape index (κ2) is 37.2. The van der Waals surface area contributed by atoms with Crippen molar-refractivity contribution >= 4 is 193 Å². The SMILES string of the molecule is CN(c1ccc(-c2ccc(N(c3ccc4ccccc4c3)c3ccc4ccccc4c3)cc2)cc1)c1ccc2c3cccc4cccc(c5cccc1c52)c43.Cc1ccc(N(C)c2ccc(-c3ccc(N(c4ccc5ccccc5c4)c4ccc5ccccc5c4)cc3)cc2)cc1.Cc1cccc(N(C)c2ccc(-c3ccc(N(c4ccc5ccccc5c4)c4ccc5ccccc5c4)cc3)cc2)c1. The number of benzene rings is 25. The average Bonchev–Trinajstić information content (AvgIpc) is 0.714. The standard InChI is InChI=1S/C53H36N2.2C40H32N2/c1-54(51-32-31-49-47-16-7-14-39-13-6-15-46(52(39)47)48-17-8-18-50(51)53(48)49)42-25-19-37(20-26-42)38-21-27-43(28-22-38)55(44-29-23-35-9-2-4-11-40(35)33-44)45-30-24-36-10-3-5-12-41(36)34-45;1-29-8-7-13-38(26-29)41(2)36-20-14-32(15-21-36)33-16-22-37(23-17-33)42(39-24-18-30-9-3-5-11-34(30)27-39)40-25-19-31-10-4-6-12-35(31)28-40;1-29-11-19-36(20-12-29)41(2)37-21-13-32(14-22-37)33-15-23-38(24-16-33)42(39-25-17-30-7-3-5-9-34(30)27-39)40-26-18-31-8-4-6-10-35(31)28-40/h2-34H,1H3;2*3-28H,1-2H3. The van der Waals surface area contributed by atoms with Crippen LogP contribution in [0.5, 0.6) is 0 Å². The van der Waals surface area contributed by atoms with E-state index < -0.39 is 0 Å². The minimum Gasteiger partial charge on any atom is -0.345 e. The third-order valence-electron chi connectivity index (χ3n) is 27.8. The molecule has 0 aromatic heterocycles. The van der Waals surface area contributed by atoms with Gasteiger partial charge in [-0.3, -0.25) is 0 Å². The normalized spacial score (nSPS) is 11.3. The smallest absolute Gasteiger partial charge is 0.0488 e. The molecule has 25 aromatic carbocycles. The molecule has 0 aliphatic carbocycles. The lowest BCUT2D eigenvalue weighted by molar-refractivity contribution is 1.20. The predicted molar refractivity (Wildman–Crippen MR) is 599 cm³/mol. The zero-order chi connectivity index (χ0) is 93.4. The second-order valence-corrected chi connectivity index (χ2v) is 36.4. The van der Waals surface area contributed by atoms with Gasteiger partial charge in [0.15, 0.2) is 0 Å². The number of fused-ring (bicyclic) bond motifs is 8. The lowest BCUT2D eigenvalue weighted by Crippen LogP contribution is -2.10. The van der Waals surface area contributed by atoms with Gasteiger partial charge in [0.05, 0.1) is 0 Å². The van der Waals surface area contributed by atoms with Gasteiger partial charge >= 0.3 is 0 Å². The molecule has 0 saturated heterocycles. The van der Waals surface area contributed by atoms with Gasteiger partial charge in [-0.1, -0.05) is 345 Å². The van der Waals surface area contributed by atoms with Gasteiger partial charge in [0, 0.05) is 112 Å². The Morgan fingerprint density at radius 2 is 0.360 bits per heavy atom. The van der Waals surface area contributed by atoms with Crippen molar-refractivity contribution in [2.45, 2.75) is 13.8 Å². The number of hydrogen-bond acceptors (Lipinski definition) is 6. The molecule has 139 heavy (non-hydrogen) atoms. The van der Waals surface area contributed by atoms with Gasteiger partial charge in [-0.15, -0.1) is 0 Å². The number of hydrogen-bond donors (Lipinski definition) is 0. The predicted octanol–water partition coefficient (Wildman–Crippen LogP) is 37.4. The van der Waals surface area contributed by atoms with Gasteiger partial charge in [-0.25, -0.2) is 0 Å². The van der Waals surface area contributed by atoms with Gasteiger partial charge < -0.3 is 29.4 Å². The molecule has 0 radical (unpaired) electrons. The summed E-state index contributed by atoms with van der Waals surface area (Å²) in [6, 6.07) is 187. The van der Waals surface area contributed by atoms with E-state index in [1.54, 1.807) is 0 Å². The summed E-state index contributed by atoms with van der Waals surface area (Å²) >= 11 is 0. The van der Waals surface area contributed by atoms with Crippen LogP contribution in [0.1, 0.15) is 11.1 Å². The molecule has 662 valence electrons. The molecule has 0 spiro atoms. The van der Waals surface area contributed by atoms with E-state index in [0.717, 1.165) is 62.6 Å². The Morgan fingerprint density at radius 1 is 0.129 bits per heavy atom. The van der Waals surface area contributed by atoms with E-state index in [1.165, 1.54) is 175 Å². The fourth-order valence-electron chi connectivity index (χ4n) is 20.2. The van der Waals surface area contributed by atoms with E-state index in [9.17, 15) is 0 Å². The van der Waals surface area contributed by atoms with Gasteiger partial charge in [0.25, 0.3) is 0 Å². The molecule has 6 nitrogen and oxygen atoms in total. The van der Waals surface area contributed by atoms with Crippen molar-refractivity contribution in [3.8, 4) is 33.4 Å². The molecule has 25 rings (SSSR count). The molecule has 6 heteroatoms. The van der Waals surface area contributed by atoms with Crippen LogP contribution in [-0.4, -0.2) is 21.1 Å². The maximum Gasteiger partial charge on any atom is 0.0488 e. The lowest BCUT2D eigenvalue weighted by atomic mass is 9.89. The Bertz CT molecular complexity index is 8530. The average molecular weight is 1780 g/mol. The monoisotopic (exact) mass is 1780 g/mol. The first-order valence-electron chi connectivity index (χ1n) is 47.8. The van der Waals surface area contributed by atoms with E-state index in [-0.39, 0.29) is 0 Å². The van der Waals surface area contributed by atoms with Crippen LogP contribution in [0.15, 0.2) is 516 Å². The highest BCUT2D eigenvalue weighted by Crippen LogP contribution is 2.48. The Kier molecular flexibility index (Phi) is 22.8. The molecule has 0 aliphatic rings. The van der Waals surface area contributed by atoms with Gasteiger partial charge in [-0.2, -0.15) is 0 Å². The van der Waals surface area contributed by atoms with Crippen LogP contribution >= 0.6 is 0 Å². The highest BCUT2D eigenvalue weighted by Gasteiger charge is 2.23. The molecule has 0 heterocycles. The summed E-state index contributed by atoms with van der Waals surface area (Å²) in [5.74, 6) is 0. The fraction of sp³-hybridized carbons (Fsp3) is 0.0376. The molecule has 0 bridgehead atoms. The van der Waals surface area contributed by atoms with Crippen molar-refractivity contribution in [3.05, 3.63) is 527 Å². The summed E-state index contributed by atoms with van der Waals surface area (Å²) in [6.07, 6.45) is 0. The van der Waals surface area contributed by atoms with Crippen molar-refractivity contribution in [2.75, 3.05) is 50.5 Å². The maximum atomic E-state index is 2.36. The summed E-state index contributed by atoms with van der Waals surface area (Å²) < 4.78 is 0. The van der Waals surface area contributed by atoms with E-state index in [0.29, 0.717) is 0 Å². The first-order chi connectivity index (χ1) is 68.4. The summed E-state index contributed by atoms with van der Waals surface area (Å²) in [4.78, 5) is 13.8. The number of rotatable bonds is 18. The first kappa shape index (κ1) is 85.4. The molecule has 0 atom stereocenters. The van der Waals surface area contributed by atoms with Crippen molar-refractivity contribution in [2.24, 2.45) is 0 Å². The van der Waals surface area contributed by atoms with E-state index >= 15 is 0 Å². The molecular weight excluding hydrogens is 1680 g/mol. The summed E-state index contributed by atoms with van der Waals surface area (Å²) in [5.41, 5.74) is 26.9. The highest BCUT2D eigenvalue weighted by atomic mass is 15.2. The van der Waals surface area contributed by atoms with Gasteiger partial charge in [0.1, 0.15) is 0 Å². The molecule has 0 saturated carbocycles. The fourth-order valence-corrected chi connectivity index (χ4v) is 20.2. The Hall–Kier alpha value is -17.8. The second-order valence-electron chi connectivity index (χ2n) is 36.4. The van der Waals surface area contributed by atoms with E-state index in [1.807, 2.05) is 0 Å². The van der Waals surface area contributed by atoms with Crippen LogP contribution in [0.4, 0.5) is 85.3 Å². The van der Waals surface area contributed by atoms with E-state index in [2.05, 4.69) is 580 Å². The number of aryl methyl sites for hydroxylation is 2. The zero-order valence-electron chi connectivity index (χ0n) is 78.3. The minimum absolute atomic E-state index is 1.12. The molecule has 25 aromatic rings. The quantitative estimate of drug-likeness (QED) is 0.0625. The van der Waals surface area contributed by atoms with Crippen LogP contribution in [0.25, 0.3) is 141 Å². The molecule has 0 aliphatic heterocycles. The van der Waals surface area contributed by atoms with Gasteiger partial charge in [-0.05, 0) is 331 Å². The molecule has 0 N–H and O–H groups in total. The van der Waals surface area contributed by atoms with Crippen LogP contribution < -0.4 is 29.4 Å². The zero-order valence-corrected chi connectivity index (χ0v) is 78.3. The number of nitrogens with zero attached hydrogens (tertiary/aromatic N) is 6. The van der Waals surface area contributed by atoms with Crippen LogP contribution in [0.2, 0.25) is 0 Å². The van der Waals surface area contributed by atoms with Crippen LogP contribution in [-0.2, 0) is 0 Å². The van der Waals surface area contributed by atoms with Crippen molar-refractivity contribution in [3.63, 3.8) is 0 Å². The lowest BCUT2D eigenvalue weighted by Gasteiger charge is -2.26. The highest BCUT2D eigenvalue weighted by molar-refractivity contribution is 6.34. The van der Waals surface area contributed by atoms with Crippen molar-refractivity contribution in [1.29, 1.82) is 0 Å². The van der Waals surface area contributed by atoms with Gasteiger partial charge in [0.2, 0.25) is 0 Å². The van der Waals surface area contributed by atoms with Crippen molar-refractivity contribution < 1.29 is 0 Å². The third-order valence-corrected chi connectivity index (χ3v) is 27.8. The van der Waals surface area contributed by atoms with E-state index in [4.69, 9.17) is 0 Å². The first-order valence-corrected chi connectivity index (χ1v) is 47.8. The molecule has 0 fully saturated rings. The third kappa shape index (κ3) is 17.1. The topological polar surface area (TPSA) is 19.4 Å². The summed E-state index contributed by atoms with van der Waals surface area (Å²) in [7, 11) is 6.41. The van der Waals surface area contributed by atoms with Crippen LogP contribution in [0, 0.1) is 13.8 Å². The Balaban J connectivity index is 0.000000118. The largest absolute Gasteiger partial charge is 0.345 e. The Morgan fingerprint density at radius 3 is 0.669 bits per heavy atom. The molecular formula is C133H100N6. The summed E-state index contributed by atoms with van der Waals surface area (Å²) in [6.45, 7) is 4.25. The molecule has 0 unspecified atom stereocenters. The maximum absolute atomic E-state index is 2.36. The molecule has 0 amide bonds. The summed E-state index contributed by atoms with van der Waals surface area (Å²) in [5, 5.41) is 25.3. The number of anilines is 15. The van der Waals surface area contributed by atoms with Crippen LogP contribution in [0.3, 0.4) is 0 Å². The minimum atomic E-state index is 1.12. The van der Waals surface area contributed by atoms with Crippen molar-refractivity contribution in [1.82, 2.24) is 0 Å².